The molecule has 0 bridgehead atoms. The van der Waals surface area contributed by atoms with Crippen LogP contribution in [0.5, 0.6) is 0 Å². The lowest BCUT2D eigenvalue weighted by molar-refractivity contribution is -0.384. The van der Waals surface area contributed by atoms with E-state index >= 15 is 0 Å². The second-order valence-electron chi connectivity index (χ2n) is 4.24. The van der Waals surface area contributed by atoms with Crippen molar-refractivity contribution in [3.05, 3.63) is 38.9 Å². The molecule has 0 saturated heterocycles. The summed E-state index contributed by atoms with van der Waals surface area (Å²) in [6.07, 6.45) is 5.25. The molecule has 1 aromatic rings. The van der Waals surface area contributed by atoms with Crippen molar-refractivity contribution in [2.75, 3.05) is 11.1 Å². The molecule has 0 saturated carbocycles. The van der Waals surface area contributed by atoms with E-state index in [9.17, 15) is 14.9 Å². The predicted molar refractivity (Wildman–Crippen MR) is 75.7 cm³/mol. The van der Waals surface area contributed by atoms with E-state index in [1.54, 1.807) is 6.07 Å². The summed E-state index contributed by atoms with van der Waals surface area (Å²) in [6, 6.07) is 3.05. The zero-order chi connectivity index (χ0) is 14.0. The standard InChI is InChI=1S/C12H12BrN3O3/c13-8-5-6-9(10(14)11(8)16(18)19)15-12(17)7-3-1-2-4-7/h1-2,5-7H,3-4,14H2,(H,15,17). The first-order valence-corrected chi connectivity index (χ1v) is 6.48. The lowest BCUT2D eigenvalue weighted by Crippen LogP contribution is -2.21. The molecule has 0 spiro atoms. The third-order valence-corrected chi connectivity index (χ3v) is 3.63. The monoisotopic (exact) mass is 325 g/mol. The molecule has 0 aromatic heterocycles. The number of hydrogen-bond acceptors (Lipinski definition) is 4. The first-order valence-electron chi connectivity index (χ1n) is 5.69. The van der Waals surface area contributed by atoms with Crippen LogP contribution < -0.4 is 11.1 Å². The van der Waals surface area contributed by atoms with E-state index in [0.717, 1.165) is 0 Å². The number of rotatable bonds is 3. The molecule has 1 aliphatic carbocycles. The van der Waals surface area contributed by atoms with Crippen LogP contribution in [0.15, 0.2) is 28.8 Å². The maximum atomic E-state index is 11.9. The number of nitrogens with two attached hydrogens (primary N) is 1. The highest BCUT2D eigenvalue weighted by atomic mass is 79.9. The number of nitrogens with zero attached hydrogens (tertiary/aromatic N) is 1. The average Bonchev–Trinajstić information content (AvgIpc) is 2.86. The van der Waals surface area contributed by atoms with Gasteiger partial charge in [-0.2, -0.15) is 0 Å². The third kappa shape index (κ3) is 2.76. The van der Waals surface area contributed by atoms with E-state index in [0.29, 0.717) is 12.8 Å². The number of nitro benzene ring substituents is 1. The fourth-order valence-electron chi connectivity index (χ4n) is 1.94. The second-order valence-corrected chi connectivity index (χ2v) is 5.10. The molecular weight excluding hydrogens is 314 g/mol. The van der Waals surface area contributed by atoms with Crippen molar-refractivity contribution in [2.45, 2.75) is 12.8 Å². The summed E-state index contributed by atoms with van der Waals surface area (Å²) in [5.41, 5.74) is 5.72. The SMILES string of the molecule is Nc1c(NC(=O)C2CC=CC2)ccc(Br)c1[N+](=O)[O-]. The van der Waals surface area contributed by atoms with Crippen LogP contribution in [0.3, 0.4) is 0 Å². The number of hydrogen-bond donors (Lipinski definition) is 2. The fourth-order valence-corrected chi connectivity index (χ4v) is 2.43. The lowest BCUT2D eigenvalue weighted by Gasteiger charge is -2.12. The molecule has 2 rings (SSSR count). The fraction of sp³-hybridized carbons (Fsp3) is 0.250. The number of nitro groups is 1. The van der Waals surface area contributed by atoms with Gasteiger partial charge < -0.3 is 11.1 Å². The van der Waals surface area contributed by atoms with Gasteiger partial charge in [0.25, 0.3) is 0 Å². The Balaban J connectivity index is 2.23. The second kappa shape index (κ2) is 5.40. The number of anilines is 2. The Bertz CT molecular complexity index is 564. The van der Waals surface area contributed by atoms with E-state index in [-0.39, 0.29) is 33.4 Å². The largest absolute Gasteiger partial charge is 0.391 e. The Kier molecular flexibility index (Phi) is 3.84. The van der Waals surface area contributed by atoms with Gasteiger partial charge in [0.1, 0.15) is 5.69 Å². The molecule has 1 amide bonds. The van der Waals surface area contributed by atoms with Gasteiger partial charge in [-0.25, -0.2) is 0 Å². The summed E-state index contributed by atoms with van der Waals surface area (Å²) in [4.78, 5) is 22.3. The summed E-state index contributed by atoms with van der Waals surface area (Å²) in [7, 11) is 0. The van der Waals surface area contributed by atoms with Gasteiger partial charge in [0, 0.05) is 5.92 Å². The van der Waals surface area contributed by atoms with Gasteiger partial charge in [-0.1, -0.05) is 12.2 Å². The molecule has 1 aromatic carbocycles. The van der Waals surface area contributed by atoms with E-state index < -0.39 is 4.92 Å². The molecule has 0 atom stereocenters. The topological polar surface area (TPSA) is 98.3 Å². The van der Waals surface area contributed by atoms with Gasteiger partial charge in [0.05, 0.1) is 15.1 Å². The molecule has 6 nitrogen and oxygen atoms in total. The highest BCUT2D eigenvalue weighted by Gasteiger charge is 2.23. The van der Waals surface area contributed by atoms with Crippen molar-refractivity contribution in [3.8, 4) is 0 Å². The number of carbonyl (C=O) groups is 1. The maximum absolute atomic E-state index is 11.9. The predicted octanol–water partition coefficient (Wildman–Crippen LogP) is 2.84. The Morgan fingerprint density at radius 3 is 2.63 bits per heavy atom. The van der Waals surface area contributed by atoms with Crippen LogP contribution in [0.4, 0.5) is 17.1 Å². The molecule has 0 radical (unpaired) electrons. The van der Waals surface area contributed by atoms with Crippen molar-refractivity contribution in [1.29, 1.82) is 0 Å². The van der Waals surface area contributed by atoms with Crippen LogP contribution in [-0.2, 0) is 4.79 Å². The smallest absolute Gasteiger partial charge is 0.308 e. The van der Waals surface area contributed by atoms with E-state index in [1.807, 2.05) is 12.2 Å². The molecule has 3 N–H and O–H groups in total. The Morgan fingerprint density at radius 1 is 1.42 bits per heavy atom. The van der Waals surface area contributed by atoms with Crippen molar-refractivity contribution in [1.82, 2.24) is 0 Å². The minimum atomic E-state index is -0.577. The first-order chi connectivity index (χ1) is 9.00. The Hall–Kier alpha value is -1.89. The zero-order valence-electron chi connectivity index (χ0n) is 9.93. The number of allylic oxidation sites excluding steroid dienone is 2. The van der Waals surface area contributed by atoms with Crippen molar-refractivity contribution >= 4 is 38.9 Å². The molecule has 100 valence electrons. The molecule has 0 fully saturated rings. The van der Waals surface area contributed by atoms with E-state index in [1.165, 1.54) is 6.07 Å². The van der Waals surface area contributed by atoms with Gasteiger partial charge in [-0.15, -0.1) is 0 Å². The minimum absolute atomic E-state index is 0.0429. The highest BCUT2D eigenvalue weighted by Crippen LogP contribution is 2.36. The number of nitrogens with one attached hydrogen (secondary N) is 1. The third-order valence-electron chi connectivity index (χ3n) is 2.99. The van der Waals surface area contributed by atoms with E-state index in [4.69, 9.17) is 5.73 Å². The number of halogens is 1. The van der Waals surface area contributed by atoms with Crippen LogP contribution in [0.2, 0.25) is 0 Å². The number of amides is 1. The minimum Gasteiger partial charge on any atom is -0.391 e. The lowest BCUT2D eigenvalue weighted by atomic mass is 10.1. The van der Waals surface area contributed by atoms with Crippen molar-refractivity contribution in [3.63, 3.8) is 0 Å². The van der Waals surface area contributed by atoms with Crippen LogP contribution in [0.25, 0.3) is 0 Å². The average molecular weight is 326 g/mol. The summed E-state index contributed by atoms with van der Waals surface area (Å²) >= 11 is 3.07. The number of nitrogen functional groups attached to an aromatic ring is 1. The van der Waals surface area contributed by atoms with Crippen molar-refractivity contribution in [2.24, 2.45) is 5.92 Å². The highest BCUT2D eigenvalue weighted by molar-refractivity contribution is 9.10. The molecule has 0 unspecified atom stereocenters. The molecule has 0 heterocycles. The molecule has 19 heavy (non-hydrogen) atoms. The number of carbonyl (C=O) groups excluding carboxylic acids is 1. The maximum Gasteiger partial charge on any atom is 0.308 e. The summed E-state index contributed by atoms with van der Waals surface area (Å²) in [5, 5.41) is 13.6. The van der Waals surface area contributed by atoms with Crippen LogP contribution >= 0.6 is 15.9 Å². The van der Waals surface area contributed by atoms with Gasteiger partial charge in [-0.05, 0) is 40.9 Å². The molecule has 7 heteroatoms. The van der Waals surface area contributed by atoms with Gasteiger partial charge in [0.2, 0.25) is 5.91 Å². The molecular formula is C12H12BrN3O3. The summed E-state index contributed by atoms with van der Waals surface area (Å²) in [5.74, 6) is -0.296. The van der Waals surface area contributed by atoms with Gasteiger partial charge in [-0.3, -0.25) is 14.9 Å². The first kappa shape index (κ1) is 13.5. The molecule has 0 aliphatic heterocycles. The molecule has 1 aliphatic rings. The van der Waals surface area contributed by atoms with Crippen LogP contribution in [0.1, 0.15) is 12.8 Å². The van der Waals surface area contributed by atoms with E-state index in [2.05, 4.69) is 21.2 Å². The van der Waals surface area contributed by atoms with Crippen LogP contribution in [0, 0.1) is 16.0 Å². The van der Waals surface area contributed by atoms with Crippen LogP contribution in [-0.4, -0.2) is 10.8 Å². The Labute approximate surface area is 117 Å². The number of benzene rings is 1. The summed E-state index contributed by atoms with van der Waals surface area (Å²) < 4.78 is 0.288. The van der Waals surface area contributed by atoms with Crippen molar-refractivity contribution < 1.29 is 9.72 Å². The zero-order valence-corrected chi connectivity index (χ0v) is 11.5. The Morgan fingerprint density at radius 2 is 2.05 bits per heavy atom. The normalized spacial score (nSPS) is 14.6. The van der Waals surface area contributed by atoms with Gasteiger partial charge >= 0.3 is 5.69 Å². The van der Waals surface area contributed by atoms with Gasteiger partial charge in [0.15, 0.2) is 0 Å². The summed E-state index contributed by atoms with van der Waals surface area (Å²) in [6.45, 7) is 0. The quantitative estimate of drug-likeness (QED) is 0.386.